The zero-order chi connectivity index (χ0) is 19.8. The Balaban J connectivity index is 1.75. The Labute approximate surface area is 158 Å². The first kappa shape index (κ1) is 18.9. The Morgan fingerprint density at radius 1 is 1.11 bits per heavy atom. The van der Waals surface area contributed by atoms with Crippen LogP contribution in [0.4, 0.5) is 17.1 Å². The predicted molar refractivity (Wildman–Crippen MR) is 106 cm³/mol. The van der Waals surface area contributed by atoms with Crippen LogP contribution in [0.3, 0.4) is 0 Å². The quantitative estimate of drug-likeness (QED) is 0.872. The molecule has 0 spiro atoms. The average molecular weight is 387 g/mol. The second-order valence-electron chi connectivity index (χ2n) is 6.51. The van der Waals surface area contributed by atoms with Crippen LogP contribution in [0.5, 0.6) is 0 Å². The maximum atomic E-state index is 12.5. The van der Waals surface area contributed by atoms with Crippen LogP contribution < -0.4 is 14.5 Å². The summed E-state index contributed by atoms with van der Waals surface area (Å²) < 4.78 is 24.9. The van der Waals surface area contributed by atoms with Crippen LogP contribution in [0.15, 0.2) is 42.5 Å². The first-order valence-electron chi connectivity index (χ1n) is 8.43. The summed E-state index contributed by atoms with van der Waals surface area (Å²) in [5.41, 5.74) is 3.28. The molecule has 0 bridgehead atoms. The van der Waals surface area contributed by atoms with E-state index in [0.717, 1.165) is 11.3 Å². The van der Waals surface area contributed by atoms with Crippen LogP contribution in [0.2, 0.25) is 0 Å². The number of nitrogens with one attached hydrogen (secondary N) is 1. The van der Waals surface area contributed by atoms with Gasteiger partial charge in [-0.25, -0.2) is 8.42 Å². The van der Waals surface area contributed by atoms with Crippen molar-refractivity contribution in [1.29, 1.82) is 0 Å². The fourth-order valence-electron chi connectivity index (χ4n) is 3.01. The van der Waals surface area contributed by atoms with E-state index in [4.69, 9.17) is 0 Å². The molecular formula is C19H21N3O4S. The van der Waals surface area contributed by atoms with Gasteiger partial charge in [0.15, 0.2) is 0 Å². The molecule has 0 aromatic heterocycles. The molecule has 1 N–H and O–H groups in total. The number of sulfonamides is 1. The third-order valence-corrected chi connectivity index (χ3v) is 5.76. The Hall–Kier alpha value is -2.87. The summed E-state index contributed by atoms with van der Waals surface area (Å²) in [4.78, 5) is 25.4. The Morgan fingerprint density at radius 2 is 1.78 bits per heavy atom. The summed E-state index contributed by atoms with van der Waals surface area (Å²) in [6.07, 6.45) is 1.76. The number of hydrogen-bond acceptors (Lipinski definition) is 4. The van der Waals surface area contributed by atoms with Crippen molar-refractivity contribution in [2.75, 3.05) is 34.4 Å². The molecule has 1 aliphatic heterocycles. The van der Waals surface area contributed by atoms with Crippen molar-refractivity contribution < 1.29 is 18.0 Å². The van der Waals surface area contributed by atoms with Gasteiger partial charge in [0.25, 0.3) is 5.91 Å². The molecule has 0 radical (unpaired) electrons. The monoisotopic (exact) mass is 387 g/mol. The van der Waals surface area contributed by atoms with E-state index in [-0.39, 0.29) is 11.8 Å². The SMILES string of the molecule is CC(=O)N(C)c1ccc(NC(=O)c2ccc3c(c2)CCN3S(C)(=O)=O)cc1. The maximum Gasteiger partial charge on any atom is 0.255 e. The van der Waals surface area contributed by atoms with Gasteiger partial charge in [0.1, 0.15) is 0 Å². The highest BCUT2D eigenvalue weighted by molar-refractivity contribution is 7.92. The largest absolute Gasteiger partial charge is 0.322 e. The minimum Gasteiger partial charge on any atom is -0.322 e. The summed E-state index contributed by atoms with van der Waals surface area (Å²) >= 11 is 0. The molecule has 7 nitrogen and oxygen atoms in total. The lowest BCUT2D eigenvalue weighted by Gasteiger charge is -2.16. The first-order chi connectivity index (χ1) is 12.7. The van der Waals surface area contributed by atoms with E-state index in [1.54, 1.807) is 49.5 Å². The van der Waals surface area contributed by atoms with Crippen LogP contribution in [-0.2, 0) is 21.2 Å². The Bertz CT molecular complexity index is 1000. The number of rotatable bonds is 4. The fraction of sp³-hybridized carbons (Fsp3) is 0.263. The van der Waals surface area contributed by atoms with Crippen LogP contribution in [0, 0.1) is 0 Å². The van der Waals surface area contributed by atoms with Crippen molar-refractivity contribution in [2.45, 2.75) is 13.3 Å². The van der Waals surface area contributed by atoms with Gasteiger partial charge in [-0.3, -0.25) is 13.9 Å². The molecule has 2 amide bonds. The third-order valence-electron chi connectivity index (χ3n) is 4.58. The molecule has 2 aromatic carbocycles. The lowest BCUT2D eigenvalue weighted by Crippen LogP contribution is -2.27. The summed E-state index contributed by atoms with van der Waals surface area (Å²) in [6.45, 7) is 1.87. The molecule has 27 heavy (non-hydrogen) atoms. The topological polar surface area (TPSA) is 86.8 Å². The highest BCUT2D eigenvalue weighted by atomic mass is 32.2. The number of carbonyl (C=O) groups excluding carboxylic acids is 2. The van der Waals surface area contributed by atoms with Crippen molar-refractivity contribution in [2.24, 2.45) is 0 Å². The van der Waals surface area contributed by atoms with Gasteiger partial charge in [0.05, 0.1) is 11.9 Å². The summed E-state index contributed by atoms with van der Waals surface area (Å²) in [5, 5.41) is 2.81. The minimum absolute atomic E-state index is 0.0759. The lowest BCUT2D eigenvalue weighted by atomic mass is 10.1. The van der Waals surface area contributed by atoms with Crippen molar-refractivity contribution in [1.82, 2.24) is 0 Å². The smallest absolute Gasteiger partial charge is 0.255 e. The molecular weight excluding hydrogens is 366 g/mol. The van der Waals surface area contributed by atoms with Crippen molar-refractivity contribution in [3.63, 3.8) is 0 Å². The number of amides is 2. The molecule has 1 aliphatic rings. The van der Waals surface area contributed by atoms with Crippen LogP contribution in [0.25, 0.3) is 0 Å². The van der Waals surface area contributed by atoms with Gasteiger partial charge < -0.3 is 10.2 Å². The van der Waals surface area contributed by atoms with Crippen molar-refractivity contribution >= 4 is 38.9 Å². The van der Waals surface area contributed by atoms with Crippen molar-refractivity contribution in [3.8, 4) is 0 Å². The van der Waals surface area contributed by atoms with Gasteiger partial charge in [-0.15, -0.1) is 0 Å². The molecule has 3 rings (SSSR count). The van der Waals surface area contributed by atoms with Gasteiger partial charge in [-0.2, -0.15) is 0 Å². The minimum atomic E-state index is -3.31. The molecule has 0 fully saturated rings. The zero-order valence-corrected chi connectivity index (χ0v) is 16.2. The van der Waals surface area contributed by atoms with Gasteiger partial charge >= 0.3 is 0 Å². The standard InChI is InChI=1S/C19H21N3O4S/c1-13(23)21(2)17-7-5-16(6-8-17)20-19(24)15-4-9-18-14(12-15)10-11-22(18)27(3,25)26/h4-9,12H,10-11H2,1-3H3,(H,20,24). The first-order valence-corrected chi connectivity index (χ1v) is 10.3. The number of benzene rings is 2. The second kappa shape index (κ2) is 7.03. The van der Waals surface area contributed by atoms with Gasteiger partial charge in [-0.05, 0) is 54.4 Å². The van der Waals surface area contributed by atoms with Crippen LogP contribution >= 0.6 is 0 Å². The molecule has 8 heteroatoms. The number of anilines is 3. The molecule has 0 aliphatic carbocycles. The molecule has 0 unspecified atom stereocenters. The second-order valence-corrected chi connectivity index (χ2v) is 8.41. The van der Waals surface area contributed by atoms with E-state index in [9.17, 15) is 18.0 Å². The summed E-state index contributed by atoms with van der Waals surface area (Å²) in [7, 11) is -1.63. The van der Waals surface area contributed by atoms with E-state index in [1.165, 1.54) is 22.4 Å². The van der Waals surface area contributed by atoms with E-state index in [2.05, 4.69) is 5.32 Å². The van der Waals surface area contributed by atoms with Crippen molar-refractivity contribution in [3.05, 3.63) is 53.6 Å². The van der Waals surface area contributed by atoms with E-state index in [0.29, 0.717) is 29.9 Å². The van der Waals surface area contributed by atoms with Gasteiger partial charge in [0, 0.05) is 37.5 Å². The molecule has 2 aromatic rings. The number of hydrogen-bond donors (Lipinski definition) is 1. The van der Waals surface area contributed by atoms with E-state index in [1.807, 2.05) is 0 Å². The van der Waals surface area contributed by atoms with E-state index >= 15 is 0 Å². The molecule has 0 atom stereocenters. The third kappa shape index (κ3) is 3.95. The Kier molecular flexibility index (Phi) is 4.93. The molecule has 1 heterocycles. The number of fused-ring (bicyclic) bond motifs is 1. The van der Waals surface area contributed by atoms with Gasteiger partial charge in [-0.1, -0.05) is 0 Å². The Morgan fingerprint density at radius 3 is 2.37 bits per heavy atom. The fourth-order valence-corrected chi connectivity index (χ4v) is 3.97. The summed E-state index contributed by atoms with van der Waals surface area (Å²) in [6, 6.07) is 12.0. The highest BCUT2D eigenvalue weighted by Crippen LogP contribution is 2.31. The molecule has 0 saturated heterocycles. The van der Waals surface area contributed by atoms with Crippen LogP contribution in [-0.4, -0.2) is 40.1 Å². The summed E-state index contributed by atoms with van der Waals surface area (Å²) in [5.74, 6) is -0.351. The lowest BCUT2D eigenvalue weighted by molar-refractivity contribution is -0.116. The van der Waals surface area contributed by atoms with Gasteiger partial charge in [0.2, 0.25) is 15.9 Å². The molecule has 0 saturated carbocycles. The van der Waals surface area contributed by atoms with Crippen LogP contribution in [0.1, 0.15) is 22.8 Å². The molecule has 142 valence electrons. The number of nitrogens with zero attached hydrogens (tertiary/aromatic N) is 2. The van der Waals surface area contributed by atoms with E-state index < -0.39 is 10.0 Å². The average Bonchev–Trinajstić information content (AvgIpc) is 3.05. The predicted octanol–water partition coefficient (Wildman–Crippen LogP) is 2.24. The highest BCUT2D eigenvalue weighted by Gasteiger charge is 2.26. The zero-order valence-electron chi connectivity index (χ0n) is 15.4. The normalized spacial score (nSPS) is 13.2. The maximum absolute atomic E-state index is 12.5. The number of carbonyl (C=O) groups is 2.